The van der Waals surface area contributed by atoms with Crippen LogP contribution in [0.2, 0.25) is 0 Å². The van der Waals surface area contributed by atoms with Crippen LogP contribution in [0.1, 0.15) is 6.92 Å². The molecule has 0 fully saturated rings. The van der Waals surface area contributed by atoms with Gasteiger partial charge in [0.05, 0.1) is 0 Å². The van der Waals surface area contributed by atoms with Gasteiger partial charge in [-0.05, 0) is 0 Å². The lowest BCUT2D eigenvalue weighted by atomic mass is 10.0. The Bertz CT molecular complexity index is 178. The van der Waals surface area contributed by atoms with Gasteiger partial charge in [0.15, 0.2) is 0 Å². The highest BCUT2D eigenvalue weighted by molar-refractivity contribution is 6.34. The van der Waals surface area contributed by atoms with E-state index in [1.165, 1.54) is 6.92 Å². The number of carbonyl (C=O) groups is 2. The molecule has 0 aliphatic carbocycles. The Morgan fingerprint density at radius 1 is 1.08 bits per heavy atom. The van der Waals surface area contributed by atoms with Crippen LogP contribution >= 0.6 is 23.2 Å². The molecule has 4 nitrogen and oxygen atoms in total. The van der Waals surface area contributed by atoms with Crippen molar-refractivity contribution in [1.29, 1.82) is 0 Å². The maximum atomic E-state index is 10.5. The molecular weight excluding hydrogens is 203 g/mol. The summed E-state index contributed by atoms with van der Waals surface area (Å²) in [6.45, 7) is 1.53. The second-order valence-electron chi connectivity index (χ2n) is 2.47. The molecule has 0 aromatic carbocycles. The average Bonchev–Trinajstić information content (AvgIpc) is 2.00. The first-order chi connectivity index (χ1) is 5.37. The number of rotatable bonds is 4. The lowest BCUT2D eigenvalue weighted by Gasteiger charge is -2.17. The van der Waals surface area contributed by atoms with Crippen LogP contribution in [0.5, 0.6) is 0 Å². The van der Waals surface area contributed by atoms with Gasteiger partial charge in [-0.1, -0.05) is 6.92 Å². The van der Waals surface area contributed by atoms with E-state index in [2.05, 4.69) is 0 Å². The molecule has 0 saturated carbocycles. The Kier molecular flexibility index (Phi) is 4.34. The fourth-order valence-electron chi connectivity index (χ4n) is 0.667. The lowest BCUT2D eigenvalue weighted by molar-refractivity contribution is -0.120. The molecule has 6 heteroatoms. The zero-order valence-electron chi connectivity index (χ0n) is 6.46. The van der Waals surface area contributed by atoms with Crippen LogP contribution in [-0.2, 0) is 9.59 Å². The molecule has 2 amide bonds. The highest BCUT2D eigenvalue weighted by Gasteiger charge is 2.29. The number of halogens is 2. The summed E-state index contributed by atoms with van der Waals surface area (Å²) in [6.07, 6.45) is 0. The van der Waals surface area contributed by atoms with Crippen molar-refractivity contribution in [3.05, 3.63) is 0 Å². The van der Waals surface area contributed by atoms with Crippen LogP contribution in [0.15, 0.2) is 0 Å². The summed E-state index contributed by atoms with van der Waals surface area (Å²) < 4.78 is 0. The summed E-state index contributed by atoms with van der Waals surface area (Å²) in [5.41, 5.74) is 9.79. The van der Waals surface area contributed by atoms with Crippen molar-refractivity contribution < 1.29 is 9.59 Å². The van der Waals surface area contributed by atoms with E-state index in [9.17, 15) is 9.59 Å². The quantitative estimate of drug-likeness (QED) is 0.634. The number of alkyl halides is 2. The summed E-state index contributed by atoms with van der Waals surface area (Å²) in [4.78, 5) is 21.1. The van der Waals surface area contributed by atoms with Crippen LogP contribution in [0.25, 0.3) is 0 Å². The van der Waals surface area contributed by atoms with E-state index in [1.54, 1.807) is 0 Å². The molecule has 2 atom stereocenters. The third-order valence-corrected chi connectivity index (χ3v) is 2.69. The Hall–Kier alpha value is -0.480. The monoisotopic (exact) mass is 212 g/mol. The van der Waals surface area contributed by atoms with E-state index < -0.39 is 28.5 Å². The summed E-state index contributed by atoms with van der Waals surface area (Å²) in [5, 5.41) is -1.94. The third kappa shape index (κ3) is 2.87. The van der Waals surface area contributed by atoms with Crippen LogP contribution in [-0.4, -0.2) is 22.6 Å². The van der Waals surface area contributed by atoms with E-state index >= 15 is 0 Å². The molecule has 0 bridgehead atoms. The normalized spacial score (nSPS) is 17.9. The minimum atomic E-state index is -0.972. The molecule has 4 N–H and O–H groups in total. The van der Waals surface area contributed by atoms with E-state index in [-0.39, 0.29) is 0 Å². The first kappa shape index (κ1) is 11.5. The van der Waals surface area contributed by atoms with Gasteiger partial charge in [0.2, 0.25) is 11.8 Å². The summed E-state index contributed by atoms with van der Waals surface area (Å²) in [6, 6.07) is 0. The molecular formula is C6H10Cl2N2O2. The van der Waals surface area contributed by atoms with Gasteiger partial charge in [-0.25, -0.2) is 0 Å². The van der Waals surface area contributed by atoms with Gasteiger partial charge >= 0.3 is 0 Å². The van der Waals surface area contributed by atoms with Gasteiger partial charge in [0, 0.05) is 5.92 Å². The van der Waals surface area contributed by atoms with E-state index in [0.29, 0.717) is 0 Å². The van der Waals surface area contributed by atoms with Crippen molar-refractivity contribution in [2.45, 2.75) is 17.7 Å². The number of hydrogen-bond donors (Lipinski definition) is 2. The smallest absolute Gasteiger partial charge is 0.235 e. The number of primary amides is 2. The molecule has 0 aliphatic heterocycles. The van der Waals surface area contributed by atoms with Crippen LogP contribution in [0, 0.1) is 5.92 Å². The van der Waals surface area contributed by atoms with Gasteiger partial charge in [0.25, 0.3) is 0 Å². The Morgan fingerprint density at radius 3 is 1.50 bits per heavy atom. The predicted octanol–water partition coefficient (Wildman–Crippen LogP) is -0.192. The molecule has 0 aromatic rings. The van der Waals surface area contributed by atoms with Crippen molar-refractivity contribution >= 4 is 35.0 Å². The Morgan fingerprint density at radius 2 is 1.33 bits per heavy atom. The molecule has 0 spiro atoms. The molecule has 0 heterocycles. The van der Waals surface area contributed by atoms with Gasteiger partial charge in [-0.3, -0.25) is 9.59 Å². The van der Waals surface area contributed by atoms with Gasteiger partial charge in [-0.15, -0.1) is 23.2 Å². The molecule has 0 aromatic heterocycles. The number of carbonyl (C=O) groups excluding carboxylic acids is 2. The van der Waals surface area contributed by atoms with E-state index in [4.69, 9.17) is 34.7 Å². The maximum Gasteiger partial charge on any atom is 0.235 e. The molecule has 70 valence electrons. The zero-order valence-corrected chi connectivity index (χ0v) is 7.97. The molecule has 0 aliphatic rings. The lowest BCUT2D eigenvalue weighted by Crippen LogP contribution is -2.39. The average molecular weight is 213 g/mol. The van der Waals surface area contributed by atoms with E-state index in [1.807, 2.05) is 0 Å². The SMILES string of the molecule is CC(C(Cl)C(N)=O)C(Cl)C(N)=O. The minimum absolute atomic E-state index is 0.566. The van der Waals surface area contributed by atoms with Crippen molar-refractivity contribution in [2.24, 2.45) is 17.4 Å². The third-order valence-electron chi connectivity index (χ3n) is 1.47. The molecule has 0 radical (unpaired) electrons. The molecule has 2 unspecified atom stereocenters. The number of amides is 2. The Balaban J connectivity index is 4.28. The topological polar surface area (TPSA) is 86.2 Å². The highest BCUT2D eigenvalue weighted by Crippen LogP contribution is 2.18. The first-order valence-electron chi connectivity index (χ1n) is 3.24. The van der Waals surface area contributed by atoms with E-state index in [0.717, 1.165) is 0 Å². The summed E-state index contributed by atoms with van der Waals surface area (Å²) in [5.74, 6) is -1.99. The van der Waals surface area contributed by atoms with Crippen molar-refractivity contribution in [3.63, 3.8) is 0 Å². The second kappa shape index (κ2) is 4.52. The fourth-order valence-corrected chi connectivity index (χ4v) is 1.03. The molecule has 0 saturated heterocycles. The highest BCUT2D eigenvalue weighted by atomic mass is 35.5. The van der Waals surface area contributed by atoms with Crippen LogP contribution in [0.4, 0.5) is 0 Å². The number of nitrogens with two attached hydrogens (primary N) is 2. The Labute approximate surface area is 80.2 Å². The van der Waals surface area contributed by atoms with Crippen molar-refractivity contribution in [1.82, 2.24) is 0 Å². The van der Waals surface area contributed by atoms with Crippen LogP contribution in [0.3, 0.4) is 0 Å². The van der Waals surface area contributed by atoms with Gasteiger partial charge in [0.1, 0.15) is 10.8 Å². The summed E-state index contributed by atoms with van der Waals surface area (Å²) >= 11 is 11.1. The van der Waals surface area contributed by atoms with Crippen molar-refractivity contribution in [2.75, 3.05) is 0 Å². The maximum absolute atomic E-state index is 10.5. The van der Waals surface area contributed by atoms with Gasteiger partial charge in [-0.2, -0.15) is 0 Å². The minimum Gasteiger partial charge on any atom is -0.368 e. The van der Waals surface area contributed by atoms with Crippen LogP contribution < -0.4 is 11.5 Å². The number of hydrogen-bond acceptors (Lipinski definition) is 2. The largest absolute Gasteiger partial charge is 0.368 e. The van der Waals surface area contributed by atoms with Gasteiger partial charge < -0.3 is 11.5 Å². The molecule has 0 rings (SSSR count). The second-order valence-corrected chi connectivity index (χ2v) is 3.41. The zero-order chi connectivity index (χ0) is 9.89. The summed E-state index contributed by atoms with van der Waals surface area (Å²) in [7, 11) is 0. The van der Waals surface area contributed by atoms with Crippen molar-refractivity contribution in [3.8, 4) is 0 Å². The fraction of sp³-hybridized carbons (Fsp3) is 0.667. The standard InChI is InChI=1S/C6H10Cl2N2O2/c1-2(3(7)5(9)11)4(8)6(10)12/h2-4H,1H3,(H2,9,11)(H2,10,12). The molecule has 12 heavy (non-hydrogen) atoms. The first-order valence-corrected chi connectivity index (χ1v) is 4.12. The predicted molar refractivity (Wildman–Crippen MR) is 46.8 cm³/mol.